The van der Waals surface area contributed by atoms with Gasteiger partial charge in [0, 0.05) is 31.4 Å². The summed E-state index contributed by atoms with van der Waals surface area (Å²) in [5.41, 5.74) is 6.13. The molecule has 10 heteroatoms. The summed E-state index contributed by atoms with van der Waals surface area (Å²) in [5, 5.41) is 0. The van der Waals surface area contributed by atoms with Crippen LogP contribution in [0.1, 0.15) is 56.2 Å². The highest BCUT2D eigenvalue weighted by molar-refractivity contribution is 6.08. The van der Waals surface area contributed by atoms with Crippen molar-refractivity contribution in [3.8, 4) is 0 Å². The minimum atomic E-state index is -4.55. The first-order valence-corrected chi connectivity index (χ1v) is 14.3. The first-order chi connectivity index (χ1) is 19.4. The van der Waals surface area contributed by atoms with Crippen molar-refractivity contribution in [3.05, 3.63) is 65.2 Å². The van der Waals surface area contributed by atoms with E-state index in [9.17, 15) is 27.6 Å². The van der Waals surface area contributed by atoms with Crippen LogP contribution in [-0.2, 0) is 32.4 Å². The number of fused-ring (bicyclic) bond motifs is 1. The van der Waals surface area contributed by atoms with E-state index in [1.165, 1.54) is 12.1 Å². The second-order valence-electron chi connectivity index (χ2n) is 12.0. The maximum absolute atomic E-state index is 14.0. The van der Waals surface area contributed by atoms with Gasteiger partial charge in [-0.2, -0.15) is 13.2 Å². The zero-order valence-electron chi connectivity index (χ0n) is 23.5. The third-order valence-corrected chi connectivity index (χ3v) is 9.05. The largest absolute Gasteiger partial charge is 0.416 e. The van der Waals surface area contributed by atoms with E-state index in [-0.39, 0.29) is 36.4 Å². The number of anilines is 1. The molecule has 5 rings (SSSR count). The van der Waals surface area contributed by atoms with Gasteiger partial charge in [-0.25, -0.2) is 0 Å². The minimum absolute atomic E-state index is 0.0379. The van der Waals surface area contributed by atoms with Crippen LogP contribution in [0.25, 0.3) is 0 Å². The van der Waals surface area contributed by atoms with Gasteiger partial charge in [-0.3, -0.25) is 19.3 Å². The Hall–Kier alpha value is -3.40. The first kappa shape index (κ1) is 29.1. The highest BCUT2D eigenvalue weighted by Crippen LogP contribution is 2.43. The van der Waals surface area contributed by atoms with Gasteiger partial charge in [-0.05, 0) is 75.8 Å². The Bertz CT molecular complexity index is 1320. The second kappa shape index (κ2) is 11.1. The highest BCUT2D eigenvalue weighted by atomic mass is 19.4. The number of carbonyl (C=O) groups is 3. The quantitative estimate of drug-likeness (QED) is 0.566. The number of alkyl halides is 3. The standard InChI is InChI=1S/C31H37F3N4O3/c1-30(2)24-11-5-6-12-25(24)38(29(30)41)22-13-16-36(17-14-22)28(40)26(37-15-7-9-21(19-37)27(35)39)18-20-8-3-4-10-23(20)31(32,33)34/h3-6,8,10-12,21-22,26H,7,9,13-19H2,1-2H3,(H2,35,39)/t21?,26-/m0/s1. The predicted octanol–water partition coefficient (Wildman–Crippen LogP) is 4.13. The lowest BCUT2D eigenvalue weighted by Crippen LogP contribution is -2.57. The molecule has 0 spiro atoms. The Kier molecular flexibility index (Phi) is 7.89. The number of hydrogen-bond acceptors (Lipinski definition) is 4. The Morgan fingerprint density at radius 3 is 2.34 bits per heavy atom. The molecule has 2 N–H and O–H groups in total. The number of benzene rings is 2. The van der Waals surface area contributed by atoms with Crippen molar-refractivity contribution in [2.75, 3.05) is 31.1 Å². The molecule has 7 nitrogen and oxygen atoms in total. The fraction of sp³-hybridized carbons (Fsp3) is 0.516. The maximum atomic E-state index is 14.0. The highest BCUT2D eigenvalue weighted by Gasteiger charge is 2.47. The molecule has 0 aromatic heterocycles. The molecule has 0 saturated carbocycles. The summed E-state index contributed by atoms with van der Waals surface area (Å²) in [6.07, 6.45) is -2.31. The smallest absolute Gasteiger partial charge is 0.369 e. The van der Waals surface area contributed by atoms with E-state index in [0.29, 0.717) is 45.3 Å². The Morgan fingerprint density at radius 1 is 1.00 bits per heavy atom. The molecule has 1 unspecified atom stereocenters. The number of amides is 3. The molecule has 41 heavy (non-hydrogen) atoms. The van der Waals surface area contributed by atoms with Gasteiger partial charge in [0.25, 0.3) is 0 Å². The molecule has 220 valence electrons. The minimum Gasteiger partial charge on any atom is -0.369 e. The van der Waals surface area contributed by atoms with Gasteiger partial charge in [0.05, 0.1) is 22.9 Å². The van der Waals surface area contributed by atoms with E-state index in [1.54, 1.807) is 11.0 Å². The molecule has 2 saturated heterocycles. The van der Waals surface area contributed by atoms with Crippen LogP contribution in [0, 0.1) is 5.92 Å². The third kappa shape index (κ3) is 5.58. The number of para-hydroxylation sites is 1. The van der Waals surface area contributed by atoms with Crippen LogP contribution in [0.2, 0.25) is 0 Å². The number of nitrogens with two attached hydrogens (primary N) is 1. The molecule has 2 aromatic rings. The summed E-state index contributed by atoms with van der Waals surface area (Å²) in [5.74, 6) is -1.13. The molecule has 3 amide bonds. The molecule has 3 heterocycles. The lowest BCUT2D eigenvalue weighted by molar-refractivity contribution is -0.142. The molecule has 3 aliphatic rings. The van der Waals surface area contributed by atoms with Crippen LogP contribution in [0.15, 0.2) is 48.5 Å². The number of hydrogen-bond donors (Lipinski definition) is 1. The third-order valence-electron chi connectivity index (χ3n) is 9.05. The first-order valence-electron chi connectivity index (χ1n) is 14.3. The van der Waals surface area contributed by atoms with E-state index in [4.69, 9.17) is 5.73 Å². The van der Waals surface area contributed by atoms with Crippen molar-refractivity contribution in [1.82, 2.24) is 9.80 Å². The molecule has 0 aliphatic carbocycles. The van der Waals surface area contributed by atoms with Gasteiger partial charge in [0.2, 0.25) is 17.7 Å². The number of nitrogens with zero attached hydrogens (tertiary/aromatic N) is 3. The van der Waals surface area contributed by atoms with Crippen LogP contribution >= 0.6 is 0 Å². The lowest BCUT2D eigenvalue weighted by atomic mass is 9.86. The van der Waals surface area contributed by atoms with Crippen LogP contribution < -0.4 is 10.6 Å². The monoisotopic (exact) mass is 570 g/mol. The van der Waals surface area contributed by atoms with Gasteiger partial charge < -0.3 is 15.5 Å². The zero-order chi connectivity index (χ0) is 29.5. The van der Waals surface area contributed by atoms with Crippen molar-refractivity contribution in [1.29, 1.82) is 0 Å². The summed E-state index contributed by atoms with van der Waals surface area (Å²) < 4.78 is 41.5. The summed E-state index contributed by atoms with van der Waals surface area (Å²) in [4.78, 5) is 44.9. The number of carbonyl (C=O) groups excluding carboxylic acids is 3. The van der Waals surface area contributed by atoms with Crippen molar-refractivity contribution < 1.29 is 27.6 Å². The number of rotatable bonds is 6. The molecule has 2 atom stereocenters. The van der Waals surface area contributed by atoms with Crippen molar-refractivity contribution in [3.63, 3.8) is 0 Å². The van der Waals surface area contributed by atoms with E-state index in [1.807, 2.05) is 47.9 Å². The van der Waals surface area contributed by atoms with E-state index in [2.05, 4.69) is 0 Å². The Balaban J connectivity index is 1.36. The fourth-order valence-electron chi connectivity index (χ4n) is 6.73. The Morgan fingerprint density at radius 2 is 1.66 bits per heavy atom. The average Bonchev–Trinajstić information content (AvgIpc) is 3.16. The molecule has 2 aromatic carbocycles. The van der Waals surface area contributed by atoms with Crippen LogP contribution in [0.5, 0.6) is 0 Å². The predicted molar refractivity (Wildman–Crippen MR) is 149 cm³/mol. The normalized spacial score (nSPS) is 22.5. The van der Waals surface area contributed by atoms with E-state index in [0.717, 1.165) is 17.3 Å². The van der Waals surface area contributed by atoms with Crippen LogP contribution in [0.4, 0.5) is 18.9 Å². The van der Waals surface area contributed by atoms with Crippen molar-refractivity contribution in [2.45, 2.75) is 69.6 Å². The van der Waals surface area contributed by atoms with Gasteiger partial charge >= 0.3 is 6.18 Å². The number of halogens is 3. The second-order valence-corrected chi connectivity index (χ2v) is 12.0. The van der Waals surface area contributed by atoms with E-state index < -0.39 is 35.0 Å². The molecule has 3 aliphatic heterocycles. The maximum Gasteiger partial charge on any atom is 0.416 e. The van der Waals surface area contributed by atoms with Crippen molar-refractivity contribution >= 4 is 23.4 Å². The molecular formula is C31H37F3N4O3. The van der Waals surface area contributed by atoms with Gasteiger partial charge in [0.15, 0.2) is 0 Å². The molecule has 0 radical (unpaired) electrons. The lowest BCUT2D eigenvalue weighted by Gasteiger charge is -2.42. The fourth-order valence-corrected chi connectivity index (χ4v) is 6.73. The molecule has 0 bridgehead atoms. The van der Waals surface area contributed by atoms with Gasteiger partial charge in [-0.1, -0.05) is 36.4 Å². The van der Waals surface area contributed by atoms with Crippen LogP contribution in [-0.4, -0.2) is 65.8 Å². The summed E-state index contributed by atoms with van der Waals surface area (Å²) >= 11 is 0. The van der Waals surface area contributed by atoms with E-state index >= 15 is 0 Å². The Labute approximate surface area is 238 Å². The number of likely N-dealkylation sites (tertiary alicyclic amines) is 2. The van der Waals surface area contributed by atoms with Crippen LogP contribution in [0.3, 0.4) is 0 Å². The number of piperidine rings is 2. The van der Waals surface area contributed by atoms with Gasteiger partial charge in [-0.15, -0.1) is 0 Å². The van der Waals surface area contributed by atoms with Crippen molar-refractivity contribution in [2.24, 2.45) is 11.7 Å². The average molecular weight is 571 g/mol. The zero-order valence-corrected chi connectivity index (χ0v) is 23.5. The number of primary amides is 1. The molecule has 2 fully saturated rings. The topological polar surface area (TPSA) is 87.0 Å². The summed E-state index contributed by atoms with van der Waals surface area (Å²) in [6.45, 7) is 5.37. The summed E-state index contributed by atoms with van der Waals surface area (Å²) in [6, 6.07) is 12.2. The van der Waals surface area contributed by atoms with Gasteiger partial charge in [0.1, 0.15) is 0 Å². The molecular weight excluding hydrogens is 533 g/mol. The summed E-state index contributed by atoms with van der Waals surface area (Å²) in [7, 11) is 0. The SMILES string of the molecule is CC1(C)C(=O)N(C2CCN(C(=O)[C@H](Cc3ccccc3C(F)(F)F)N3CCCC(C(N)=O)C3)CC2)c2ccccc21.